The summed E-state index contributed by atoms with van der Waals surface area (Å²) in [6.07, 6.45) is 0.563. The minimum absolute atomic E-state index is 0.0653. The summed E-state index contributed by atoms with van der Waals surface area (Å²) in [6, 6.07) is 7.25. The van der Waals surface area contributed by atoms with E-state index in [9.17, 15) is 9.59 Å². The van der Waals surface area contributed by atoms with E-state index in [1.165, 1.54) is 0 Å². The molecule has 1 aromatic heterocycles. The Kier molecular flexibility index (Phi) is 8.06. The molecule has 8 nitrogen and oxygen atoms in total. The van der Waals surface area contributed by atoms with E-state index in [2.05, 4.69) is 15.2 Å². The van der Waals surface area contributed by atoms with Crippen LogP contribution >= 0.6 is 11.8 Å². The Morgan fingerprint density at radius 2 is 1.93 bits per heavy atom. The zero-order chi connectivity index (χ0) is 20.5. The fourth-order valence-electron chi connectivity index (χ4n) is 2.92. The highest BCUT2D eigenvalue weighted by molar-refractivity contribution is 7.99. The monoisotopic (exact) mass is 418 g/mol. The standard InChI is InChI=1S/C20H26N4O4S/c1-2-27-11-12-28-16-5-3-15(4-6-16)19-21-20(26)17(22-23-19)7-8-18(25)24-9-13-29-14-10-24/h3-6H,2,7-14H2,1H3,(H,21,23,26). The molecule has 0 spiro atoms. The Labute approximate surface area is 174 Å². The van der Waals surface area contributed by atoms with Crippen molar-refractivity contribution in [1.82, 2.24) is 20.1 Å². The van der Waals surface area contributed by atoms with E-state index in [0.717, 1.165) is 35.9 Å². The molecule has 1 aliphatic rings. The number of aromatic amines is 1. The van der Waals surface area contributed by atoms with Gasteiger partial charge in [-0.15, -0.1) is 10.2 Å². The number of benzene rings is 1. The van der Waals surface area contributed by atoms with E-state index in [1.54, 1.807) is 0 Å². The zero-order valence-electron chi connectivity index (χ0n) is 16.6. The van der Waals surface area contributed by atoms with E-state index in [-0.39, 0.29) is 30.0 Å². The molecule has 9 heteroatoms. The first-order valence-corrected chi connectivity index (χ1v) is 10.9. The summed E-state index contributed by atoms with van der Waals surface area (Å²) in [7, 11) is 0. The maximum Gasteiger partial charge on any atom is 0.273 e. The number of carbonyl (C=O) groups excluding carboxylic acids is 1. The average molecular weight is 419 g/mol. The molecule has 1 aliphatic heterocycles. The van der Waals surface area contributed by atoms with Gasteiger partial charge < -0.3 is 19.4 Å². The fourth-order valence-corrected chi connectivity index (χ4v) is 3.82. The second-order valence-electron chi connectivity index (χ2n) is 6.51. The maximum absolute atomic E-state index is 12.3. The van der Waals surface area contributed by atoms with Gasteiger partial charge in [-0.3, -0.25) is 9.59 Å². The first-order valence-electron chi connectivity index (χ1n) is 9.79. The van der Waals surface area contributed by atoms with Crippen LogP contribution in [0.1, 0.15) is 19.0 Å². The van der Waals surface area contributed by atoms with Gasteiger partial charge in [-0.2, -0.15) is 11.8 Å². The van der Waals surface area contributed by atoms with Crippen molar-refractivity contribution >= 4 is 17.7 Å². The summed E-state index contributed by atoms with van der Waals surface area (Å²) in [5.41, 5.74) is 0.707. The highest BCUT2D eigenvalue weighted by Crippen LogP contribution is 2.18. The van der Waals surface area contributed by atoms with Gasteiger partial charge in [0.15, 0.2) is 5.82 Å². The molecule has 29 heavy (non-hydrogen) atoms. The summed E-state index contributed by atoms with van der Waals surface area (Å²) in [6.45, 7) is 5.17. The number of thioether (sulfide) groups is 1. The summed E-state index contributed by atoms with van der Waals surface area (Å²) < 4.78 is 10.8. The van der Waals surface area contributed by atoms with Crippen LogP contribution in [0.15, 0.2) is 29.1 Å². The van der Waals surface area contributed by atoms with Crippen LogP contribution in [0.4, 0.5) is 0 Å². The van der Waals surface area contributed by atoms with Crippen LogP contribution in [-0.2, 0) is 16.0 Å². The number of H-pyrrole nitrogens is 1. The molecule has 1 saturated heterocycles. The lowest BCUT2D eigenvalue weighted by molar-refractivity contribution is -0.130. The normalized spacial score (nSPS) is 14.0. The molecule has 1 N–H and O–H groups in total. The third kappa shape index (κ3) is 6.30. The second-order valence-corrected chi connectivity index (χ2v) is 7.74. The molecule has 0 aliphatic carbocycles. The molecule has 1 amide bonds. The summed E-state index contributed by atoms with van der Waals surface area (Å²) in [5, 5.41) is 8.17. The quantitative estimate of drug-likeness (QED) is 0.620. The van der Waals surface area contributed by atoms with Gasteiger partial charge in [0, 0.05) is 49.6 Å². The molecule has 1 aromatic carbocycles. The predicted octanol–water partition coefficient (Wildman–Crippen LogP) is 1.76. The van der Waals surface area contributed by atoms with Gasteiger partial charge >= 0.3 is 0 Å². The minimum Gasteiger partial charge on any atom is -0.491 e. The highest BCUT2D eigenvalue weighted by atomic mass is 32.2. The number of amides is 1. The van der Waals surface area contributed by atoms with Gasteiger partial charge in [0.1, 0.15) is 18.1 Å². The maximum atomic E-state index is 12.3. The Morgan fingerprint density at radius 3 is 2.62 bits per heavy atom. The third-order valence-corrected chi connectivity index (χ3v) is 5.47. The van der Waals surface area contributed by atoms with Gasteiger partial charge in [-0.05, 0) is 31.2 Å². The molecular formula is C20H26N4O4S. The van der Waals surface area contributed by atoms with Crippen LogP contribution in [0, 0.1) is 0 Å². The molecule has 0 bridgehead atoms. The Morgan fingerprint density at radius 1 is 1.17 bits per heavy atom. The van der Waals surface area contributed by atoms with Crippen molar-refractivity contribution in [1.29, 1.82) is 0 Å². The largest absolute Gasteiger partial charge is 0.491 e. The number of hydrogen-bond acceptors (Lipinski definition) is 7. The van der Waals surface area contributed by atoms with Crippen molar-refractivity contribution in [3.05, 3.63) is 40.3 Å². The van der Waals surface area contributed by atoms with E-state index in [0.29, 0.717) is 25.6 Å². The van der Waals surface area contributed by atoms with Gasteiger partial charge in [0.25, 0.3) is 5.56 Å². The number of rotatable bonds is 9. The Hall–Kier alpha value is -2.39. The number of aryl methyl sites for hydroxylation is 1. The lowest BCUT2D eigenvalue weighted by Crippen LogP contribution is -2.38. The SMILES string of the molecule is CCOCCOc1ccc(-c2nnc(CCC(=O)N3CCSCC3)c(=O)[nH]2)cc1. The molecule has 0 unspecified atom stereocenters. The van der Waals surface area contributed by atoms with E-state index >= 15 is 0 Å². The number of nitrogens with one attached hydrogen (secondary N) is 1. The topological polar surface area (TPSA) is 97.4 Å². The smallest absolute Gasteiger partial charge is 0.273 e. The molecule has 156 valence electrons. The Balaban J connectivity index is 1.56. The van der Waals surface area contributed by atoms with Gasteiger partial charge in [0.05, 0.1) is 6.61 Å². The third-order valence-electron chi connectivity index (χ3n) is 4.53. The molecule has 0 radical (unpaired) electrons. The molecule has 0 saturated carbocycles. The Bertz CT molecular complexity index is 850. The van der Waals surface area contributed by atoms with Gasteiger partial charge in [-0.25, -0.2) is 0 Å². The first kappa shape index (κ1) is 21.3. The molecule has 2 aromatic rings. The van der Waals surface area contributed by atoms with Crippen LogP contribution in [0.3, 0.4) is 0 Å². The van der Waals surface area contributed by atoms with Gasteiger partial charge in [0.2, 0.25) is 5.91 Å². The van der Waals surface area contributed by atoms with E-state index < -0.39 is 0 Å². The molecular weight excluding hydrogens is 392 g/mol. The second kappa shape index (κ2) is 11.0. The number of ether oxygens (including phenoxy) is 2. The summed E-state index contributed by atoms with van der Waals surface area (Å²) >= 11 is 1.85. The van der Waals surface area contributed by atoms with Crippen molar-refractivity contribution < 1.29 is 14.3 Å². The lowest BCUT2D eigenvalue weighted by Gasteiger charge is -2.26. The predicted molar refractivity (Wildman–Crippen MR) is 112 cm³/mol. The van der Waals surface area contributed by atoms with Crippen LogP contribution in [0.5, 0.6) is 5.75 Å². The average Bonchev–Trinajstić information content (AvgIpc) is 2.77. The lowest BCUT2D eigenvalue weighted by atomic mass is 10.2. The molecule has 2 heterocycles. The number of aromatic nitrogens is 3. The van der Waals surface area contributed by atoms with E-state index in [4.69, 9.17) is 9.47 Å². The summed E-state index contributed by atoms with van der Waals surface area (Å²) in [5.74, 6) is 3.11. The van der Waals surface area contributed by atoms with Gasteiger partial charge in [-0.1, -0.05) is 0 Å². The molecule has 3 rings (SSSR count). The van der Waals surface area contributed by atoms with Crippen LogP contribution in [0.2, 0.25) is 0 Å². The first-order chi connectivity index (χ1) is 14.2. The molecule has 0 atom stereocenters. The number of hydrogen-bond donors (Lipinski definition) is 1. The summed E-state index contributed by atoms with van der Waals surface area (Å²) in [4.78, 5) is 29.2. The van der Waals surface area contributed by atoms with Crippen LogP contribution in [0.25, 0.3) is 11.4 Å². The van der Waals surface area contributed by atoms with Crippen molar-refractivity contribution in [3.8, 4) is 17.1 Å². The van der Waals surface area contributed by atoms with Crippen molar-refractivity contribution in [3.63, 3.8) is 0 Å². The molecule has 1 fully saturated rings. The van der Waals surface area contributed by atoms with E-state index in [1.807, 2.05) is 47.9 Å². The van der Waals surface area contributed by atoms with Crippen molar-refractivity contribution in [2.75, 3.05) is 44.4 Å². The van der Waals surface area contributed by atoms with Crippen LogP contribution < -0.4 is 10.3 Å². The zero-order valence-corrected chi connectivity index (χ0v) is 17.4. The minimum atomic E-state index is -0.311. The van der Waals surface area contributed by atoms with Crippen molar-refractivity contribution in [2.45, 2.75) is 19.8 Å². The number of carbonyl (C=O) groups is 1. The van der Waals surface area contributed by atoms with Crippen LogP contribution in [-0.4, -0.2) is 70.4 Å². The number of nitrogens with zero attached hydrogens (tertiary/aromatic N) is 3. The van der Waals surface area contributed by atoms with Crippen molar-refractivity contribution in [2.24, 2.45) is 0 Å². The highest BCUT2D eigenvalue weighted by Gasteiger charge is 2.17. The fraction of sp³-hybridized carbons (Fsp3) is 0.500.